The number of carbonyl (C=O) groups excluding carboxylic acids is 4. The van der Waals surface area contributed by atoms with Crippen molar-refractivity contribution in [1.82, 2.24) is 63.0 Å². The van der Waals surface area contributed by atoms with Gasteiger partial charge < -0.3 is 79.3 Å². The molecule has 30 nitrogen and oxygen atoms in total. The number of allylic oxidation sites excluding steroid dienone is 2. The Morgan fingerprint density at radius 3 is 2.02 bits per heavy atom. The number of furan rings is 1. The molecule has 0 radical (unpaired) electrons. The van der Waals surface area contributed by atoms with E-state index < -0.39 is 35.2 Å². The molecule has 468 valence electrons. The van der Waals surface area contributed by atoms with Crippen LogP contribution in [0.25, 0.3) is 10.9 Å². The smallest absolute Gasteiger partial charge is 0.332 e. The summed E-state index contributed by atoms with van der Waals surface area (Å²) in [6.07, 6.45) is 10.1. The summed E-state index contributed by atoms with van der Waals surface area (Å²) in [6, 6.07) is 12.0. The number of nitrogen functional groups attached to an aromatic ring is 1. The molecule has 3 aromatic heterocycles. The van der Waals surface area contributed by atoms with Gasteiger partial charge in [0.05, 0.1) is 37.4 Å². The molecule has 8 amide bonds. The van der Waals surface area contributed by atoms with Crippen molar-refractivity contribution in [2.24, 2.45) is 27.1 Å². The Morgan fingerprint density at radius 2 is 1.48 bits per heavy atom. The number of hydrogen-bond donors (Lipinski definition) is 18. The fraction of sp³-hybridized carbons (Fsp3) is 0.442. The maximum absolute atomic E-state index is 11.4. The number of rotatable bonds is 20. The van der Waals surface area contributed by atoms with Gasteiger partial charge >= 0.3 is 41.8 Å². The number of nitrogens with two attached hydrogens (primary N) is 3. The number of nitrogens with one attached hydrogen (secondary N) is 13. The maximum atomic E-state index is 11.4. The van der Waals surface area contributed by atoms with Crippen LogP contribution in [0, 0.1) is 16.7 Å². The molecule has 0 aliphatic heterocycles. The van der Waals surface area contributed by atoms with Crippen LogP contribution in [-0.2, 0) is 22.6 Å². The summed E-state index contributed by atoms with van der Waals surface area (Å²) in [4.78, 5) is 92.8. The number of nitrogens with zero attached hydrogens (tertiary/aromatic N) is 3. The number of amides is 8. The Kier molecular flexibility index (Phi) is 38.7. The lowest BCUT2D eigenvalue weighted by atomic mass is 9.77. The van der Waals surface area contributed by atoms with Gasteiger partial charge in [-0.3, -0.25) is 29.8 Å². The van der Waals surface area contributed by atoms with E-state index in [1.54, 1.807) is 18.4 Å². The molecule has 5 rings (SSSR count). The lowest BCUT2D eigenvalue weighted by Gasteiger charge is -2.29. The summed E-state index contributed by atoms with van der Waals surface area (Å²) in [6.45, 7) is 15.9. The van der Waals surface area contributed by atoms with E-state index in [0.29, 0.717) is 19.0 Å². The van der Waals surface area contributed by atoms with Crippen LogP contribution >= 0.6 is 36.0 Å². The summed E-state index contributed by atoms with van der Waals surface area (Å²) in [5.74, 6) is -0.927. The highest BCUT2D eigenvalue weighted by Gasteiger charge is 2.24. The SMILES string of the molecule is C/C(Cc1c[nH]c2ccccc12)=N\NC(N)=S.CC(C)NC(=S)Nc1c(N)[nH]c(=O)[nH]c1=O.CC1=C/C(=N\NC(N)=O)CC(C)(C)C1.CCCCNC(=O)NCc1ccco1.N#CCNC(=O)NCCCl.O=C(O)CCNC(=O)NCCC(=O)O. The van der Waals surface area contributed by atoms with Crippen molar-refractivity contribution in [2.75, 3.05) is 49.7 Å². The summed E-state index contributed by atoms with van der Waals surface area (Å²) < 4.78 is 5.07. The van der Waals surface area contributed by atoms with E-state index in [2.05, 4.69) is 113 Å². The number of aromatic amines is 3. The minimum absolute atomic E-state index is 0.0219. The van der Waals surface area contributed by atoms with Crippen LogP contribution in [0.4, 0.5) is 30.7 Å². The Labute approximate surface area is 507 Å². The normalized spacial score (nSPS) is 12.1. The van der Waals surface area contributed by atoms with Crippen molar-refractivity contribution < 1.29 is 43.4 Å². The quantitative estimate of drug-likeness (QED) is 0.0147. The second-order valence-electron chi connectivity index (χ2n) is 18.9. The van der Waals surface area contributed by atoms with Gasteiger partial charge in [-0.1, -0.05) is 51.0 Å². The zero-order valence-corrected chi connectivity index (χ0v) is 50.9. The second kappa shape index (κ2) is 43.5. The summed E-state index contributed by atoms with van der Waals surface area (Å²) in [7, 11) is 0. The van der Waals surface area contributed by atoms with E-state index in [0.717, 1.165) is 61.3 Å². The highest BCUT2D eigenvalue weighted by Crippen LogP contribution is 2.33. The Bertz CT molecular complexity index is 2990. The number of aliphatic carboxylic acids is 2. The molecule has 85 heavy (non-hydrogen) atoms. The molecular weight excluding hydrogens is 1170 g/mol. The van der Waals surface area contributed by atoms with Crippen LogP contribution in [-0.4, -0.2) is 128 Å². The van der Waals surface area contributed by atoms with Crippen molar-refractivity contribution in [1.29, 1.82) is 5.26 Å². The predicted octanol–water partition coefficient (Wildman–Crippen LogP) is 4.20. The third-order valence-electron chi connectivity index (χ3n) is 10.0. The predicted molar refractivity (Wildman–Crippen MR) is 336 cm³/mol. The van der Waals surface area contributed by atoms with Crippen LogP contribution in [0.3, 0.4) is 0 Å². The largest absolute Gasteiger partial charge is 0.481 e. The first-order valence-corrected chi connectivity index (χ1v) is 27.5. The Morgan fingerprint density at radius 1 is 0.871 bits per heavy atom. The number of H-pyrrole nitrogens is 3. The number of hydrazone groups is 2. The highest BCUT2D eigenvalue weighted by molar-refractivity contribution is 7.80. The first kappa shape index (κ1) is 75.8. The number of carbonyl (C=O) groups is 6. The van der Waals surface area contributed by atoms with Crippen molar-refractivity contribution >= 4 is 116 Å². The average Bonchev–Trinajstić information content (AvgIpc) is 4.20. The van der Waals surface area contributed by atoms with Crippen LogP contribution in [0.5, 0.6) is 0 Å². The number of unbranched alkanes of at least 4 members (excludes halogenated alkanes) is 1. The van der Waals surface area contributed by atoms with Crippen molar-refractivity contribution in [3.8, 4) is 6.07 Å². The van der Waals surface area contributed by atoms with Gasteiger partial charge in [-0.2, -0.15) is 15.5 Å². The molecule has 0 saturated heterocycles. The molecule has 0 spiro atoms. The van der Waals surface area contributed by atoms with Crippen LogP contribution < -0.4 is 81.8 Å². The molecular formula is C52H80ClN19O11S2. The van der Waals surface area contributed by atoms with Gasteiger partial charge in [0, 0.05) is 67.3 Å². The lowest BCUT2D eigenvalue weighted by molar-refractivity contribution is -0.137. The summed E-state index contributed by atoms with van der Waals surface area (Å²) >= 11 is 14.9. The van der Waals surface area contributed by atoms with E-state index in [4.69, 9.17) is 73.1 Å². The number of fused-ring (bicyclic) bond motifs is 1. The number of carboxylic acid groups (broad SMARTS) is 2. The summed E-state index contributed by atoms with van der Waals surface area (Å²) in [5, 5.41) is 54.4. The van der Waals surface area contributed by atoms with Crippen LogP contribution in [0.2, 0.25) is 0 Å². The molecule has 0 saturated carbocycles. The number of benzene rings is 1. The van der Waals surface area contributed by atoms with E-state index in [9.17, 15) is 38.4 Å². The first-order valence-electron chi connectivity index (χ1n) is 26.2. The minimum Gasteiger partial charge on any atom is -0.481 e. The van der Waals surface area contributed by atoms with Gasteiger partial charge in [0.25, 0.3) is 5.56 Å². The molecule has 3 heterocycles. The molecule has 1 aliphatic rings. The van der Waals surface area contributed by atoms with Gasteiger partial charge in [0.2, 0.25) is 0 Å². The molecule has 21 N–H and O–H groups in total. The Hall–Kier alpha value is -9.22. The van der Waals surface area contributed by atoms with E-state index in [1.807, 2.05) is 56.2 Å². The molecule has 0 atom stereocenters. The molecule has 4 aromatic rings. The van der Waals surface area contributed by atoms with E-state index >= 15 is 0 Å². The van der Waals surface area contributed by atoms with Crippen LogP contribution in [0.1, 0.15) is 98.3 Å². The topological polar surface area (TPSA) is 484 Å². The van der Waals surface area contributed by atoms with E-state index in [-0.39, 0.29) is 77.7 Å². The number of anilines is 2. The van der Waals surface area contributed by atoms with Gasteiger partial charge in [-0.15, -0.1) is 11.6 Å². The monoisotopic (exact) mass is 1250 g/mol. The zero-order chi connectivity index (χ0) is 64.3. The molecule has 0 fully saturated rings. The number of halogens is 1. The van der Waals surface area contributed by atoms with Gasteiger partial charge in [-0.05, 0) is 107 Å². The maximum Gasteiger partial charge on any atom is 0.332 e. The lowest BCUT2D eigenvalue weighted by Crippen LogP contribution is -2.37. The molecule has 1 aromatic carbocycles. The van der Waals surface area contributed by atoms with Crippen molar-refractivity contribution in [3.63, 3.8) is 0 Å². The van der Waals surface area contributed by atoms with Gasteiger partial charge in [0.15, 0.2) is 10.2 Å². The number of urea groups is 4. The highest BCUT2D eigenvalue weighted by atomic mass is 35.5. The average molecular weight is 1250 g/mol. The van der Waals surface area contributed by atoms with Crippen LogP contribution in [0.15, 0.2) is 84.7 Å². The zero-order valence-electron chi connectivity index (χ0n) is 48.5. The summed E-state index contributed by atoms with van der Waals surface area (Å²) in [5.41, 5.74) is 25.0. The Balaban J connectivity index is 0.00000100. The number of para-hydroxylation sites is 1. The first-order chi connectivity index (χ1) is 40.1. The second-order valence-corrected chi connectivity index (χ2v) is 20.1. The number of primary amides is 1. The van der Waals surface area contributed by atoms with Gasteiger partial charge in [0.1, 0.15) is 23.8 Å². The number of carboxylic acids is 2. The van der Waals surface area contributed by atoms with Crippen molar-refractivity contribution in [2.45, 2.75) is 106 Å². The molecule has 0 bridgehead atoms. The number of alkyl halides is 1. The minimum atomic E-state index is -1.00. The number of hydrogen-bond acceptors (Lipinski definition) is 15. The molecule has 1 aliphatic carbocycles. The number of nitriles is 1. The van der Waals surface area contributed by atoms with Crippen molar-refractivity contribution in [3.05, 3.63) is 92.7 Å². The van der Waals surface area contributed by atoms with E-state index in [1.165, 1.54) is 16.5 Å². The molecule has 33 heteroatoms. The number of thiocarbonyl (C=S) groups is 2. The number of aromatic nitrogens is 3. The third-order valence-corrected chi connectivity index (χ3v) is 10.5. The standard InChI is InChI=1S/C12H14N4S.C10H17N3O.C10H16N2O2.C8H13N5O2S.C7H12N2O5.C5H8ClN3O/c1-8(15-16-12(13)17)6-9-7-14-11-5-3-2-4-10(9)11;1-7-4-8(12-13-9(11)14)6-10(2,3)5-7;1-2-3-6-11-10(13)12-8-9-5-4-7-14-9;1-3(2)10-8(16)11-4-5(9)12-7(15)13-6(4)14;10-5(11)1-3-8-7(14)9-4-2-6(12)13;6-1-3-8-5(10)9-4-2-7/h2-5,7,14H,6H2,1H3,(H3,13,16,17);4H,5-6H2,1-3H3,(H3,11,13,14);4-5,7H,2-3,6,8H2,1H3,(H2,11,12,13);3H,1-2H3,(H2,10,11,16)(H4,9,12,13,14,15);1-4H2,(H,10,11)(H,12,13)(H2,8,9,14);1,3-4H2,(H2,8,9,10)/b15-8+;12-8+;;;;. The fourth-order valence-electron chi connectivity index (χ4n) is 6.67. The third kappa shape index (κ3) is 39.8. The molecule has 0 unspecified atom stereocenters. The fourth-order valence-corrected chi connectivity index (χ4v) is 7.15. The van der Waals surface area contributed by atoms with Gasteiger partial charge in [-0.25, -0.2) is 29.4 Å².